The third kappa shape index (κ3) is 5.32. The molecular formula is C22H25N3O7S. The average Bonchev–Trinajstić information content (AvgIpc) is 2.83. The maximum atomic E-state index is 13.1. The number of nitrogens with one attached hydrogen (secondary N) is 1. The Labute approximate surface area is 192 Å². The second kappa shape index (κ2) is 10.0. The number of carbonyl (C=O) groups excluding carboxylic acids is 3. The molecule has 1 heterocycles. The van der Waals surface area contributed by atoms with Gasteiger partial charge in [0.2, 0.25) is 15.9 Å². The highest BCUT2D eigenvalue weighted by Crippen LogP contribution is 2.24. The lowest BCUT2D eigenvalue weighted by Crippen LogP contribution is -2.49. The van der Waals surface area contributed by atoms with Gasteiger partial charge in [-0.25, -0.2) is 13.2 Å². The van der Waals surface area contributed by atoms with Crippen LogP contribution in [0.1, 0.15) is 27.6 Å². The zero-order chi connectivity index (χ0) is 24.2. The molecule has 2 amide bonds. The van der Waals surface area contributed by atoms with E-state index in [9.17, 15) is 22.8 Å². The number of ether oxygens (including phenoxy) is 2. The zero-order valence-corrected chi connectivity index (χ0v) is 19.3. The molecular weight excluding hydrogens is 450 g/mol. The Bertz CT molecular complexity index is 1170. The summed E-state index contributed by atoms with van der Waals surface area (Å²) in [5.41, 5.74) is 0.392. The van der Waals surface area contributed by atoms with E-state index in [4.69, 9.17) is 9.47 Å². The zero-order valence-electron chi connectivity index (χ0n) is 18.5. The van der Waals surface area contributed by atoms with Crippen LogP contribution in [-0.2, 0) is 19.6 Å². The predicted octanol–water partition coefficient (Wildman–Crippen LogP) is 1.59. The number of hydrogen-bond acceptors (Lipinski definition) is 7. The maximum Gasteiger partial charge on any atom is 0.340 e. The van der Waals surface area contributed by atoms with Crippen molar-refractivity contribution >= 4 is 33.5 Å². The molecule has 33 heavy (non-hydrogen) atoms. The molecule has 11 heteroatoms. The summed E-state index contributed by atoms with van der Waals surface area (Å²) in [6.07, 6.45) is 0. The van der Waals surface area contributed by atoms with Crippen molar-refractivity contribution in [1.82, 2.24) is 9.21 Å². The quantitative estimate of drug-likeness (QED) is 0.630. The van der Waals surface area contributed by atoms with Crippen molar-refractivity contribution in [2.45, 2.75) is 11.8 Å². The van der Waals surface area contributed by atoms with Crippen molar-refractivity contribution in [2.24, 2.45) is 0 Å². The van der Waals surface area contributed by atoms with Crippen molar-refractivity contribution in [2.75, 3.05) is 45.7 Å². The summed E-state index contributed by atoms with van der Waals surface area (Å²) >= 11 is 0. The van der Waals surface area contributed by atoms with E-state index in [1.54, 1.807) is 11.0 Å². The van der Waals surface area contributed by atoms with Crippen LogP contribution in [0.2, 0.25) is 0 Å². The Balaban J connectivity index is 1.82. The van der Waals surface area contributed by atoms with E-state index in [0.29, 0.717) is 18.8 Å². The molecule has 2 aromatic carbocycles. The summed E-state index contributed by atoms with van der Waals surface area (Å²) in [7, 11) is -1.18. The molecule has 2 aromatic rings. The molecule has 1 N–H and O–H groups in total. The lowest BCUT2D eigenvalue weighted by Gasteiger charge is -2.33. The minimum Gasteiger partial charge on any atom is -0.497 e. The van der Waals surface area contributed by atoms with Gasteiger partial charge in [-0.05, 0) is 36.4 Å². The molecule has 1 aliphatic heterocycles. The summed E-state index contributed by atoms with van der Waals surface area (Å²) in [6, 6.07) is 10.1. The van der Waals surface area contributed by atoms with Crippen molar-refractivity contribution in [3.05, 3.63) is 53.6 Å². The van der Waals surface area contributed by atoms with Gasteiger partial charge in [-0.3, -0.25) is 9.59 Å². The van der Waals surface area contributed by atoms with Crippen LogP contribution in [0, 0.1) is 0 Å². The summed E-state index contributed by atoms with van der Waals surface area (Å²) in [5.74, 6) is -0.948. The molecule has 0 bridgehead atoms. The second-order valence-corrected chi connectivity index (χ2v) is 9.23. The van der Waals surface area contributed by atoms with E-state index in [0.717, 1.165) is 0 Å². The van der Waals surface area contributed by atoms with Gasteiger partial charge in [0.25, 0.3) is 5.91 Å². The monoisotopic (exact) mass is 475 g/mol. The van der Waals surface area contributed by atoms with Gasteiger partial charge in [-0.1, -0.05) is 6.07 Å². The fraction of sp³-hybridized carbons (Fsp3) is 0.318. The van der Waals surface area contributed by atoms with Crippen LogP contribution in [0.5, 0.6) is 5.75 Å². The number of piperazine rings is 1. The van der Waals surface area contributed by atoms with Gasteiger partial charge in [0, 0.05) is 38.7 Å². The molecule has 176 valence electrons. The highest BCUT2D eigenvalue weighted by molar-refractivity contribution is 7.89. The lowest BCUT2D eigenvalue weighted by molar-refractivity contribution is -0.129. The standard InChI is InChI=1S/C22H25N3O7S/c1-15(26)24-9-11-25(12-10-24)33(29,30)18-6-4-5-16(13-18)21(27)23-20-8-7-17(31-2)14-19(20)22(28)32-3/h4-8,13-14H,9-12H2,1-3H3,(H,23,27). The fourth-order valence-corrected chi connectivity index (χ4v) is 4.89. The fourth-order valence-electron chi connectivity index (χ4n) is 3.42. The molecule has 0 saturated carbocycles. The second-order valence-electron chi connectivity index (χ2n) is 7.30. The molecule has 0 aromatic heterocycles. The summed E-state index contributed by atoms with van der Waals surface area (Å²) in [6.45, 7) is 2.41. The van der Waals surface area contributed by atoms with Crippen LogP contribution >= 0.6 is 0 Å². The van der Waals surface area contributed by atoms with Crippen molar-refractivity contribution < 1.29 is 32.3 Å². The molecule has 0 atom stereocenters. The maximum absolute atomic E-state index is 13.1. The third-order valence-electron chi connectivity index (χ3n) is 5.30. The van der Waals surface area contributed by atoms with E-state index in [2.05, 4.69) is 5.32 Å². The van der Waals surface area contributed by atoms with Gasteiger partial charge in [0.15, 0.2) is 0 Å². The van der Waals surface area contributed by atoms with Crippen LogP contribution in [0.4, 0.5) is 5.69 Å². The van der Waals surface area contributed by atoms with Crippen LogP contribution in [0.3, 0.4) is 0 Å². The van der Waals surface area contributed by atoms with Gasteiger partial charge in [0.05, 0.1) is 30.4 Å². The van der Waals surface area contributed by atoms with Crippen molar-refractivity contribution in [3.63, 3.8) is 0 Å². The number of hydrogen-bond donors (Lipinski definition) is 1. The van der Waals surface area contributed by atoms with Crippen LogP contribution in [0.25, 0.3) is 0 Å². The molecule has 0 aliphatic carbocycles. The van der Waals surface area contributed by atoms with E-state index in [1.807, 2.05) is 0 Å². The number of esters is 1. The molecule has 0 radical (unpaired) electrons. The highest BCUT2D eigenvalue weighted by Gasteiger charge is 2.29. The third-order valence-corrected chi connectivity index (χ3v) is 7.19. The number of rotatable bonds is 6. The van der Waals surface area contributed by atoms with Gasteiger partial charge in [-0.2, -0.15) is 4.31 Å². The van der Waals surface area contributed by atoms with Crippen molar-refractivity contribution in [1.29, 1.82) is 0 Å². The highest BCUT2D eigenvalue weighted by atomic mass is 32.2. The van der Waals surface area contributed by atoms with Crippen LogP contribution < -0.4 is 10.1 Å². The number of sulfonamides is 1. The van der Waals surface area contributed by atoms with Gasteiger partial charge < -0.3 is 19.7 Å². The molecule has 0 unspecified atom stereocenters. The van der Waals surface area contributed by atoms with Gasteiger partial charge in [-0.15, -0.1) is 0 Å². The molecule has 10 nitrogen and oxygen atoms in total. The average molecular weight is 476 g/mol. The number of amides is 2. The molecule has 3 rings (SSSR count). The van der Waals surface area contributed by atoms with E-state index >= 15 is 0 Å². The number of benzene rings is 2. The normalized spacial score (nSPS) is 14.5. The van der Waals surface area contributed by atoms with Gasteiger partial charge >= 0.3 is 5.97 Å². The van der Waals surface area contributed by atoms with Crippen LogP contribution in [-0.4, -0.2) is 75.8 Å². The summed E-state index contributed by atoms with van der Waals surface area (Å²) in [4.78, 5) is 38.0. The van der Waals surface area contributed by atoms with E-state index < -0.39 is 21.9 Å². The first kappa shape index (κ1) is 24.2. The number of anilines is 1. The van der Waals surface area contributed by atoms with E-state index in [-0.39, 0.29) is 40.7 Å². The molecule has 0 spiro atoms. The first-order chi connectivity index (χ1) is 15.7. The Morgan fingerprint density at radius 1 is 0.970 bits per heavy atom. The summed E-state index contributed by atoms with van der Waals surface area (Å²) < 4.78 is 37.3. The Morgan fingerprint density at radius 3 is 2.27 bits per heavy atom. The topological polar surface area (TPSA) is 122 Å². The van der Waals surface area contributed by atoms with Crippen molar-refractivity contribution in [3.8, 4) is 5.75 Å². The molecule has 1 aliphatic rings. The first-order valence-corrected chi connectivity index (χ1v) is 11.5. The predicted molar refractivity (Wildman–Crippen MR) is 120 cm³/mol. The Morgan fingerprint density at radius 2 is 1.67 bits per heavy atom. The van der Waals surface area contributed by atoms with Gasteiger partial charge in [0.1, 0.15) is 5.75 Å². The lowest BCUT2D eigenvalue weighted by atomic mass is 10.1. The number of nitrogens with zero attached hydrogens (tertiary/aromatic N) is 2. The first-order valence-electron chi connectivity index (χ1n) is 10.1. The molecule has 1 fully saturated rings. The Hall–Kier alpha value is -3.44. The minimum absolute atomic E-state index is 0.0330. The molecule has 1 saturated heterocycles. The van der Waals surface area contributed by atoms with Crippen LogP contribution in [0.15, 0.2) is 47.4 Å². The summed E-state index contributed by atoms with van der Waals surface area (Å²) in [5, 5.41) is 2.62. The largest absolute Gasteiger partial charge is 0.497 e. The number of carbonyl (C=O) groups is 3. The number of methoxy groups -OCH3 is 2. The smallest absolute Gasteiger partial charge is 0.340 e. The van der Waals surface area contributed by atoms with E-state index in [1.165, 1.54) is 61.8 Å². The minimum atomic E-state index is -3.85. The Kier molecular flexibility index (Phi) is 7.34. The SMILES string of the molecule is COC(=O)c1cc(OC)ccc1NC(=O)c1cccc(S(=O)(=O)N2CCN(C(C)=O)CC2)c1.